The van der Waals surface area contributed by atoms with Gasteiger partial charge in [-0.2, -0.15) is 0 Å². The predicted octanol–water partition coefficient (Wildman–Crippen LogP) is 4.01. The van der Waals surface area contributed by atoms with Gasteiger partial charge in [-0.15, -0.1) is 0 Å². The van der Waals surface area contributed by atoms with Gasteiger partial charge in [-0.25, -0.2) is 4.98 Å². The van der Waals surface area contributed by atoms with Gasteiger partial charge < -0.3 is 9.80 Å². The molecule has 0 bridgehead atoms. The Bertz CT molecular complexity index is 1080. The fourth-order valence-electron chi connectivity index (χ4n) is 4.29. The van der Waals surface area contributed by atoms with Crippen LogP contribution in [0.1, 0.15) is 35.1 Å². The van der Waals surface area contributed by atoms with E-state index < -0.39 is 0 Å². The van der Waals surface area contributed by atoms with Crippen LogP contribution in [0, 0.1) is 12.8 Å². The molecule has 1 saturated heterocycles. The van der Waals surface area contributed by atoms with Crippen LogP contribution in [-0.4, -0.2) is 57.8 Å². The molecule has 33 heavy (non-hydrogen) atoms. The maximum Gasteiger partial charge on any atom is 0.274 e. The van der Waals surface area contributed by atoms with Gasteiger partial charge >= 0.3 is 0 Å². The Morgan fingerprint density at radius 3 is 2.36 bits per heavy atom. The van der Waals surface area contributed by atoms with Crippen LogP contribution in [0.2, 0.25) is 0 Å². The van der Waals surface area contributed by atoms with Crippen LogP contribution >= 0.6 is 0 Å². The van der Waals surface area contributed by atoms with Crippen molar-refractivity contribution in [2.45, 2.75) is 26.7 Å². The van der Waals surface area contributed by atoms with E-state index in [-0.39, 0.29) is 17.7 Å². The Hall–Kier alpha value is -3.54. The van der Waals surface area contributed by atoms with Crippen molar-refractivity contribution in [3.8, 4) is 11.1 Å². The van der Waals surface area contributed by atoms with E-state index in [0.29, 0.717) is 38.3 Å². The monoisotopic (exact) mass is 442 g/mol. The standard InChI is InChI=1S/C27H30N4O2/c1-3-13-30-14-15-31(27(33)25-18-28-20(2)17-29-25)19-24(26(30)32)16-21-9-11-23(12-10-21)22-7-5-4-6-8-22/h4-12,17-18,24H,3,13-16,19H2,1-2H3. The number of aromatic nitrogens is 2. The molecular formula is C27H30N4O2. The zero-order valence-corrected chi connectivity index (χ0v) is 19.3. The second kappa shape index (κ2) is 10.4. The number of benzene rings is 2. The molecule has 0 N–H and O–H groups in total. The van der Waals surface area contributed by atoms with E-state index in [1.807, 2.05) is 30.0 Å². The van der Waals surface area contributed by atoms with Crippen LogP contribution in [0.25, 0.3) is 11.1 Å². The number of nitrogens with zero attached hydrogens (tertiary/aromatic N) is 4. The third kappa shape index (κ3) is 5.45. The third-order valence-corrected chi connectivity index (χ3v) is 6.07. The van der Waals surface area contributed by atoms with Gasteiger partial charge in [0.15, 0.2) is 0 Å². The highest BCUT2D eigenvalue weighted by molar-refractivity contribution is 5.92. The summed E-state index contributed by atoms with van der Waals surface area (Å²) < 4.78 is 0. The highest BCUT2D eigenvalue weighted by atomic mass is 16.2. The van der Waals surface area contributed by atoms with Gasteiger partial charge in [-0.05, 0) is 36.5 Å². The summed E-state index contributed by atoms with van der Waals surface area (Å²) in [5.41, 5.74) is 4.49. The first-order valence-electron chi connectivity index (χ1n) is 11.6. The molecule has 0 spiro atoms. The van der Waals surface area contributed by atoms with Crippen LogP contribution in [0.3, 0.4) is 0 Å². The summed E-state index contributed by atoms with van der Waals surface area (Å²) >= 11 is 0. The minimum atomic E-state index is -0.288. The normalized spacial score (nSPS) is 16.5. The molecule has 170 valence electrons. The molecule has 1 atom stereocenters. The molecule has 1 aliphatic heterocycles. The largest absolute Gasteiger partial charge is 0.341 e. The van der Waals surface area contributed by atoms with Gasteiger partial charge in [-0.1, -0.05) is 61.5 Å². The predicted molar refractivity (Wildman–Crippen MR) is 129 cm³/mol. The minimum absolute atomic E-state index is 0.120. The van der Waals surface area contributed by atoms with E-state index in [9.17, 15) is 9.59 Å². The number of aryl methyl sites for hydroxylation is 1. The van der Waals surface area contributed by atoms with Crippen molar-refractivity contribution in [1.82, 2.24) is 19.8 Å². The molecule has 2 heterocycles. The van der Waals surface area contributed by atoms with Crippen LogP contribution < -0.4 is 0 Å². The molecule has 0 saturated carbocycles. The zero-order chi connectivity index (χ0) is 23.2. The lowest BCUT2D eigenvalue weighted by atomic mass is 9.95. The van der Waals surface area contributed by atoms with Gasteiger partial charge in [0, 0.05) is 32.4 Å². The number of hydrogen-bond acceptors (Lipinski definition) is 4. The van der Waals surface area contributed by atoms with Crippen LogP contribution in [0.4, 0.5) is 0 Å². The minimum Gasteiger partial charge on any atom is -0.341 e. The Balaban J connectivity index is 1.53. The number of carbonyl (C=O) groups excluding carboxylic acids is 2. The fraction of sp³-hybridized carbons (Fsp3) is 0.333. The average molecular weight is 443 g/mol. The molecule has 0 radical (unpaired) electrons. The van der Waals surface area contributed by atoms with Gasteiger partial charge in [0.25, 0.3) is 5.91 Å². The second-order valence-electron chi connectivity index (χ2n) is 8.58. The first kappa shape index (κ1) is 22.6. The summed E-state index contributed by atoms with van der Waals surface area (Å²) in [7, 11) is 0. The van der Waals surface area contributed by atoms with Crippen molar-refractivity contribution < 1.29 is 9.59 Å². The Morgan fingerprint density at radius 2 is 1.70 bits per heavy atom. The van der Waals surface area contributed by atoms with Crippen LogP contribution in [-0.2, 0) is 11.2 Å². The lowest BCUT2D eigenvalue weighted by molar-refractivity contribution is -0.134. The molecule has 0 aliphatic carbocycles. The highest BCUT2D eigenvalue weighted by Gasteiger charge is 2.32. The lowest BCUT2D eigenvalue weighted by Gasteiger charge is -2.24. The SMILES string of the molecule is CCCN1CCN(C(=O)c2cnc(C)cn2)CC(Cc2ccc(-c3ccccc3)cc2)C1=O. The molecule has 4 rings (SSSR count). The maximum atomic E-state index is 13.3. The van der Waals surface area contributed by atoms with Crippen molar-refractivity contribution in [3.05, 3.63) is 83.9 Å². The molecule has 1 unspecified atom stereocenters. The smallest absolute Gasteiger partial charge is 0.274 e. The summed E-state index contributed by atoms with van der Waals surface area (Å²) in [4.78, 5) is 38.6. The van der Waals surface area contributed by atoms with Crippen LogP contribution in [0.5, 0.6) is 0 Å². The Kier molecular flexibility index (Phi) is 7.13. The molecule has 1 fully saturated rings. The van der Waals surface area contributed by atoms with Gasteiger partial charge in [0.05, 0.1) is 17.8 Å². The number of carbonyl (C=O) groups is 2. The summed E-state index contributed by atoms with van der Waals surface area (Å²) in [5, 5.41) is 0. The highest BCUT2D eigenvalue weighted by Crippen LogP contribution is 2.23. The summed E-state index contributed by atoms with van der Waals surface area (Å²) in [6.07, 6.45) is 4.61. The molecule has 6 heteroatoms. The molecule has 2 aromatic carbocycles. The summed E-state index contributed by atoms with van der Waals surface area (Å²) in [6, 6.07) is 18.6. The molecular weight excluding hydrogens is 412 g/mol. The number of amides is 2. The topological polar surface area (TPSA) is 66.4 Å². The van der Waals surface area contributed by atoms with E-state index in [2.05, 4.69) is 53.3 Å². The Morgan fingerprint density at radius 1 is 0.970 bits per heavy atom. The molecule has 1 aromatic heterocycles. The molecule has 1 aliphatic rings. The maximum absolute atomic E-state index is 13.3. The summed E-state index contributed by atoms with van der Waals surface area (Å²) in [5.74, 6) is -0.337. The number of hydrogen-bond donors (Lipinski definition) is 0. The van der Waals surface area contributed by atoms with E-state index in [1.54, 1.807) is 11.1 Å². The molecule has 6 nitrogen and oxygen atoms in total. The van der Waals surface area contributed by atoms with E-state index in [1.165, 1.54) is 11.8 Å². The van der Waals surface area contributed by atoms with Crippen molar-refractivity contribution in [2.24, 2.45) is 5.92 Å². The Labute approximate surface area is 195 Å². The first-order valence-corrected chi connectivity index (χ1v) is 11.6. The molecule has 2 amide bonds. The van der Waals surface area contributed by atoms with Gasteiger partial charge in [0.2, 0.25) is 5.91 Å². The lowest BCUT2D eigenvalue weighted by Crippen LogP contribution is -2.38. The van der Waals surface area contributed by atoms with Crippen molar-refractivity contribution in [1.29, 1.82) is 0 Å². The fourth-order valence-corrected chi connectivity index (χ4v) is 4.29. The third-order valence-electron chi connectivity index (χ3n) is 6.07. The van der Waals surface area contributed by atoms with Crippen LogP contribution in [0.15, 0.2) is 67.0 Å². The molecule has 3 aromatic rings. The van der Waals surface area contributed by atoms with E-state index >= 15 is 0 Å². The van der Waals surface area contributed by atoms with Crippen molar-refractivity contribution >= 4 is 11.8 Å². The van der Waals surface area contributed by atoms with Crippen molar-refractivity contribution in [3.63, 3.8) is 0 Å². The van der Waals surface area contributed by atoms with Gasteiger partial charge in [0.1, 0.15) is 5.69 Å². The number of rotatable bonds is 6. The first-order chi connectivity index (χ1) is 16.0. The average Bonchev–Trinajstić information content (AvgIpc) is 3.00. The van der Waals surface area contributed by atoms with Crippen molar-refractivity contribution in [2.75, 3.05) is 26.2 Å². The summed E-state index contributed by atoms with van der Waals surface area (Å²) in [6.45, 7) is 6.04. The van der Waals surface area contributed by atoms with E-state index in [0.717, 1.165) is 23.2 Å². The van der Waals surface area contributed by atoms with Gasteiger partial charge in [-0.3, -0.25) is 14.6 Å². The second-order valence-corrected chi connectivity index (χ2v) is 8.58. The quantitative estimate of drug-likeness (QED) is 0.579. The zero-order valence-electron chi connectivity index (χ0n) is 19.3. The van der Waals surface area contributed by atoms with E-state index in [4.69, 9.17) is 0 Å².